The van der Waals surface area contributed by atoms with Crippen molar-refractivity contribution in [1.82, 2.24) is 14.3 Å². The molecule has 1 amide bonds. The van der Waals surface area contributed by atoms with Crippen molar-refractivity contribution in [2.45, 2.75) is 26.4 Å². The van der Waals surface area contributed by atoms with Crippen LogP contribution in [-0.4, -0.2) is 66.4 Å². The van der Waals surface area contributed by atoms with Gasteiger partial charge in [-0.25, -0.2) is 9.78 Å². The van der Waals surface area contributed by atoms with Gasteiger partial charge in [0.2, 0.25) is 0 Å². The van der Waals surface area contributed by atoms with Crippen molar-refractivity contribution in [2.24, 2.45) is 0 Å². The number of pyridine rings is 1. The molecule has 0 N–H and O–H groups in total. The number of anilines is 1. The van der Waals surface area contributed by atoms with Gasteiger partial charge in [0.1, 0.15) is 22.7 Å². The van der Waals surface area contributed by atoms with E-state index >= 15 is 0 Å². The first-order valence-corrected chi connectivity index (χ1v) is 11.2. The zero-order valence-electron chi connectivity index (χ0n) is 19.6. The van der Waals surface area contributed by atoms with Crippen LogP contribution in [0.5, 0.6) is 11.5 Å². The molecule has 4 rings (SSSR count). The van der Waals surface area contributed by atoms with Gasteiger partial charge in [-0.1, -0.05) is 11.6 Å². The number of carbonyl (C=O) groups is 1. The number of hydrogen-bond acceptors (Lipinski definition) is 6. The van der Waals surface area contributed by atoms with Crippen LogP contribution in [0.4, 0.5) is 10.5 Å². The van der Waals surface area contributed by atoms with Gasteiger partial charge in [-0.15, -0.1) is 0 Å². The third-order valence-electron chi connectivity index (χ3n) is 5.49. The molecule has 0 bridgehead atoms. The van der Waals surface area contributed by atoms with E-state index in [9.17, 15) is 4.79 Å². The molecule has 3 aromatic rings. The highest BCUT2D eigenvalue weighted by molar-refractivity contribution is 6.32. The SMILES string of the molecule is COc1cc(OC)c(-c2cn3ccc(N4CCN(C(=O)OC(C)(C)C)CC4)cc3n2)cc1Cl. The Bertz CT molecular complexity index is 1160. The van der Waals surface area contributed by atoms with Gasteiger partial charge in [-0.3, -0.25) is 0 Å². The minimum atomic E-state index is -0.492. The van der Waals surface area contributed by atoms with Gasteiger partial charge < -0.3 is 28.4 Å². The molecule has 9 heteroatoms. The first-order valence-electron chi connectivity index (χ1n) is 10.8. The lowest BCUT2D eigenvalue weighted by atomic mass is 10.1. The number of aromatic nitrogens is 2. The summed E-state index contributed by atoms with van der Waals surface area (Å²) in [6.45, 7) is 8.32. The lowest BCUT2D eigenvalue weighted by Gasteiger charge is -2.36. The Kier molecular flexibility index (Phi) is 6.30. The first kappa shape index (κ1) is 23.0. The number of piperazine rings is 1. The summed E-state index contributed by atoms with van der Waals surface area (Å²) in [4.78, 5) is 21.1. The van der Waals surface area contributed by atoms with Crippen molar-refractivity contribution in [1.29, 1.82) is 0 Å². The molecule has 0 unspecified atom stereocenters. The number of halogens is 1. The van der Waals surface area contributed by atoms with Crippen LogP contribution in [0.2, 0.25) is 5.02 Å². The van der Waals surface area contributed by atoms with Crippen LogP contribution in [0.25, 0.3) is 16.9 Å². The number of methoxy groups -OCH3 is 2. The average molecular weight is 473 g/mol. The maximum absolute atomic E-state index is 12.3. The molecule has 1 aliphatic heterocycles. The number of rotatable bonds is 4. The second-order valence-electron chi connectivity index (χ2n) is 8.92. The fourth-order valence-electron chi connectivity index (χ4n) is 3.83. The molecule has 1 saturated heterocycles. The molecule has 2 aromatic heterocycles. The van der Waals surface area contributed by atoms with Crippen molar-refractivity contribution < 1.29 is 19.0 Å². The topological polar surface area (TPSA) is 68.5 Å². The number of amides is 1. The van der Waals surface area contributed by atoms with Gasteiger partial charge in [0, 0.05) is 62.0 Å². The predicted octanol–water partition coefficient (Wildman–Crippen LogP) is 4.73. The van der Waals surface area contributed by atoms with E-state index in [2.05, 4.69) is 11.0 Å². The second-order valence-corrected chi connectivity index (χ2v) is 9.33. The monoisotopic (exact) mass is 472 g/mol. The molecule has 1 aliphatic rings. The molecule has 3 heterocycles. The lowest BCUT2D eigenvalue weighted by molar-refractivity contribution is 0.0240. The van der Waals surface area contributed by atoms with Crippen LogP contribution >= 0.6 is 11.6 Å². The summed E-state index contributed by atoms with van der Waals surface area (Å²) < 4.78 is 18.3. The summed E-state index contributed by atoms with van der Waals surface area (Å²) in [6.07, 6.45) is 3.67. The van der Waals surface area contributed by atoms with Crippen molar-refractivity contribution >= 4 is 29.0 Å². The summed E-state index contributed by atoms with van der Waals surface area (Å²) in [5, 5.41) is 0.494. The summed E-state index contributed by atoms with van der Waals surface area (Å²) in [5.41, 5.74) is 2.92. The maximum Gasteiger partial charge on any atom is 0.410 e. The highest BCUT2D eigenvalue weighted by atomic mass is 35.5. The van der Waals surface area contributed by atoms with Crippen molar-refractivity contribution in [3.63, 3.8) is 0 Å². The number of ether oxygens (including phenoxy) is 3. The first-order chi connectivity index (χ1) is 15.7. The summed E-state index contributed by atoms with van der Waals surface area (Å²) in [6, 6.07) is 7.67. The third kappa shape index (κ3) is 4.95. The third-order valence-corrected chi connectivity index (χ3v) is 5.79. The van der Waals surface area contributed by atoms with E-state index in [0.29, 0.717) is 29.6 Å². The van der Waals surface area contributed by atoms with Gasteiger partial charge in [0.05, 0.1) is 24.9 Å². The van der Waals surface area contributed by atoms with Gasteiger partial charge in [0.25, 0.3) is 0 Å². The fraction of sp³-hybridized carbons (Fsp3) is 0.417. The van der Waals surface area contributed by atoms with E-state index in [4.69, 9.17) is 30.8 Å². The summed E-state index contributed by atoms with van der Waals surface area (Å²) >= 11 is 6.34. The Morgan fingerprint density at radius 2 is 1.73 bits per heavy atom. The minimum absolute atomic E-state index is 0.261. The number of benzene rings is 1. The Hall–Kier alpha value is -3.13. The zero-order chi connectivity index (χ0) is 23.8. The number of carbonyl (C=O) groups excluding carboxylic acids is 1. The van der Waals surface area contributed by atoms with E-state index < -0.39 is 5.60 Å². The fourth-order valence-corrected chi connectivity index (χ4v) is 4.07. The zero-order valence-corrected chi connectivity index (χ0v) is 20.3. The molecule has 0 aliphatic carbocycles. The smallest absolute Gasteiger partial charge is 0.410 e. The Morgan fingerprint density at radius 3 is 2.36 bits per heavy atom. The molecule has 8 nitrogen and oxygen atoms in total. The van der Waals surface area contributed by atoms with Crippen LogP contribution < -0.4 is 14.4 Å². The molecule has 176 valence electrons. The van der Waals surface area contributed by atoms with Gasteiger partial charge in [0.15, 0.2) is 0 Å². The van der Waals surface area contributed by atoms with Crippen LogP contribution in [0.3, 0.4) is 0 Å². The molecular weight excluding hydrogens is 444 g/mol. The lowest BCUT2D eigenvalue weighted by Crippen LogP contribution is -2.50. The van der Waals surface area contributed by atoms with Crippen LogP contribution in [-0.2, 0) is 4.74 Å². The standard InChI is InChI=1S/C24H29ClN4O4/c1-24(2,3)33-23(30)28-10-8-27(9-11-28)16-6-7-29-15-19(26-22(29)12-16)17-13-18(25)21(32-5)14-20(17)31-4/h6-7,12-15H,8-11H2,1-5H3. The normalized spacial score (nSPS) is 14.5. The minimum Gasteiger partial charge on any atom is -0.496 e. The van der Waals surface area contributed by atoms with Crippen LogP contribution in [0.15, 0.2) is 36.7 Å². The predicted molar refractivity (Wildman–Crippen MR) is 129 cm³/mol. The van der Waals surface area contributed by atoms with E-state index in [1.807, 2.05) is 43.6 Å². The van der Waals surface area contributed by atoms with E-state index in [1.54, 1.807) is 31.3 Å². The molecular formula is C24H29ClN4O4. The quantitative estimate of drug-likeness (QED) is 0.547. The van der Waals surface area contributed by atoms with Crippen molar-refractivity contribution in [3.05, 3.63) is 41.7 Å². The summed E-state index contributed by atoms with van der Waals surface area (Å²) in [7, 11) is 3.18. The largest absolute Gasteiger partial charge is 0.496 e. The number of nitrogens with zero attached hydrogens (tertiary/aromatic N) is 4. The van der Waals surface area contributed by atoms with E-state index in [0.717, 1.165) is 35.7 Å². The Labute approximate surface area is 198 Å². The molecule has 0 radical (unpaired) electrons. The van der Waals surface area contributed by atoms with Crippen molar-refractivity contribution in [2.75, 3.05) is 45.3 Å². The van der Waals surface area contributed by atoms with Crippen LogP contribution in [0, 0.1) is 0 Å². The molecule has 1 aromatic carbocycles. The highest BCUT2D eigenvalue weighted by Crippen LogP contribution is 2.38. The van der Waals surface area contributed by atoms with E-state index in [1.165, 1.54) is 0 Å². The van der Waals surface area contributed by atoms with Gasteiger partial charge in [-0.05, 0) is 32.9 Å². The van der Waals surface area contributed by atoms with E-state index in [-0.39, 0.29) is 6.09 Å². The van der Waals surface area contributed by atoms with Gasteiger partial charge in [-0.2, -0.15) is 0 Å². The Morgan fingerprint density at radius 1 is 1.03 bits per heavy atom. The average Bonchev–Trinajstić information content (AvgIpc) is 3.21. The number of fused-ring (bicyclic) bond motifs is 1. The molecule has 1 fully saturated rings. The molecule has 0 saturated carbocycles. The van der Waals surface area contributed by atoms with Crippen molar-refractivity contribution in [3.8, 4) is 22.8 Å². The molecule has 0 atom stereocenters. The molecule has 33 heavy (non-hydrogen) atoms. The maximum atomic E-state index is 12.3. The van der Waals surface area contributed by atoms with Gasteiger partial charge >= 0.3 is 6.09 Å². The summed E-state index contributed by atoms with van der Waals surface area (Å²) in [5.74, 6) is 1.19. The number of hydrogen-bond donors (Lipinski definition) is 0. The van der Waals surface area contributed by atoms with Crippen LogP contribution in [0.1, 0.15) is 20.8 Å². The molecule has 0 spiro atoms. The second kappa shape index (κ2) is 9.02. The Balaban J connectivity index is 1.53. The number of imidazole rings is 1. The highest BCUT2D eigenvalue weighted by Gasteiger charge is 2.26.